The van der Waals surface area contributed by atoms with Crippen molar-refractivity contribution in [2.75, 3.05) is 11.9 Å². The van der Waals surface area contributed by atoms with E-state index in [2.05, 4.69) is 30.2 Å². The maximum atomic E-state index is 12.9. The molecule has 8 nitrogen and oxygen atoms in total. The van der Waals surface area contributed by atoms with Gasteiger partial charge in [0, 0.05) is 37.4 Å². The molecule has 0 bridgehead atoms. The Morgan fingerprint density at radius 3 is 2.81 bits per heavy atom. The minimum Gasteiger partial charge on any atom is -0.330 e. The molecule has 0 aliphatic carbocycles. The van der Waals surface area contributed by atoms with Gasteiger partial charge in [-0.05, 0) is 31.9 Å². The van der Waals surface area contributed by atoms with E-state index in [4.69, 9.17) is 0 Å². The van der Waals surface area contributed by atoms with E-state index in [1.807, 2.05) is 17.9 Å². The summed E-state index contributed by atoms with van der Waals surface area (Å²) < 4.78 is 0. The first-order valence-corrected chi connectivity index (χ1v) is 8.80. The van der Waals surface area contributed by atoms with Gasteiger partial charge in [0.1, 0.15) is 17.5 Å². The lowest BCUT2D eigenvalue weighted by Crippen LogP contribution is -2.31. The molecule has 1 atom stereocenters. The summed E-state index contributed by atoms with van der Waals surface area (Å²) in [5.41, 5.74) is 1.41. The number of anilines is 2. The Labute approximate surface area is 156 Å². The van der Waals surface area contributed by atoms with Crippen LogP contribution in [0, 0.1) is 6.92 Å². The second-order valence-electron chi connectivity index (χ2n) is 6.34. The van der Waals surface area contributed by atoms with Crippen LogP contribution >= 0.6 is 0 Å². The second-order valence-corrected chi connectivity index (χ2v) is 6.34. The first-order valence-electron chi connectivity index (χ1n) is 8.80. The Bertz CT molecular complexity index is 933. The molecule has 0 aromatic carbocycles. The molecule has 1 saturated heterocycles. The summed E-state index contributed by atoms with van der Waals surface area (Å²) in [6.45, 7) is 2.54. The van der Waals surface area contributed by atoms with E-state index >= 15 is 0 Å². The van der Waals surface area contributed by atoms with E-state index in [9.17, 15) is 4.79 Å². The topological polar surface area (TPSA) is 96.8 Å². The van der Waals surface area contributed by atoms with Crippen LogP contribution < -0.4 is 5.32 Å². The van der Waals surface area contributed by atoms with E-state index in [-0.39, 0.29) is 11.9 Å². The third-order valence-electron chi connectivity index (χ3n) is 4.44. The summed E-state index contributed by atoms with van der Waals surface area (Å²) >= 11 is 0. The molecule has 136 valence electrons. The van der Waals surface area contributed by atoms with Gasteiger partial charge in [-0.1, -0.05) is 0 Å². The number of likely N-dealkylation sites (tertiary alicyclic amines) is 1. The zero-order valence-electron chi connectivity index (χ0n) is 14.9. The summed E-state index contributed by atoms with van der Waals surface area (Å²) in [5.74, 6) is 1.86. The predicted octanol–water partition coefficient (Wildman–Crippen LogP) is 2.69. The lowest BCUT2D eigenvalue weighted by Gasteiger charge is -2.24. The van der Waals surface area contributed by atoms with Crippen LogP contribution in [0.3, 0.4) is 0 Å². The smallest absolute Gasteiger partial charge is 0.255 e. The minimum atomic E-state index is -0.0817. The molecule has 1 unspecified atom stereocenters. The Morgan fingerprint density at radius 2 is 2.04 bits per heavy atom. The maximum Gasteiger partial charge on any atom is 0.255 e. The number of pyridine rings is 1. The van der Waals surface area contributed by atoms with Gasteiger partial charge in [0.15, 0.2) is 0 Å². The average molecular weight is 361 g/mol. The molecule has 27 heavy (non-hydrogen) atoms. The highest BCUT2D eigenvalue weighted by Gasteiger charge is 2.32. The van der Waals surface area contributed by atoms with Crippen molar-refractivity contribution in [1.29, 1.82) is 0 Å². The van der Waals surface area contributed by atoms with Crippen molar-refractivity contribution in [2.24, 2.45) is 0 Å². The zero-order valence-corrected chi connectivity index (χ0v) is 14.9. The number of hydrogen-bond acceptors (Lipinski definition) is 7. The van der Waals surface area contributed by atoms with Crippen LogP contribution in [0.2, 0.25) is 0 Å². The van der Waals surface area contributed by atoms with Crippen LogP contribution in [0.5, 0.6) is 0 Å². The van der Waals surface area contributed by atoms with E-state index < -0.39 is 0 Å². The Morgan fingerprint density at radius 1 is 1.15 bits per heavy atom. The first kappa shape index (κ1) is 17.0. The van der Waals surface area contributed by atoms with Gasteiger partial charge in [0.25, 0.3) is 5.91 Å². The molecule has 3 aromatic heterocycles. The van der Waals surface area contributed by atoms with Crippen molar-refractivity contribution < 1.29 is 4.79 Å². The minimum absolute atomic E-state index is 0.0229. The molecule has 3 aromatic rings. The first-order chi connectivity index (χ1) is 13.2. The quantitative estimate of drug-likeness (QED) is 0.763. The largest absolute Gasteiger partial charge is 0.330 e. The van der Waals surface area contributed by atoms with E-state index in [0.717, 1.165) is 18.5 Å². The number of nitrogens with one attached hydrogen (secondary N) is 1. The number of rotatable bonds is 4. The third kappa shape index (κ3) is 3.74. The summed E-state index contributed by atoms with van der Waals surface area (Å²) in [5, 5.41) is 3.15. The highest BCUT2D eigenvalue weighted by atomic mass is 16.2. The Balaban J connectivity index is 1.61. The van der Waals surface area contributed by atoms with E-state index in [1.165, 1.54) is 0 Å². The van der Waals surface area contributed by atoms with E-state index in [0.29, 0.717) is 29.6 Å². The van der Waals surface area contributed by atoms with Crippen molar-refractivity contribution >= 4 is 17.5 Å². The number of carbonyl (C=O) groups is 1. The molecule has 0 radical (unpaired) electrons. The van der Waals surface area contributed by atoms with Crippen LogP contribution in [0.15, 0.2) is 49.2 Å². The van der Waals surface area contributed by atoms with Crippen molar-refractivity contribution in [3.05, 3.63) is 66.3 Å². The van der Waals surface area contributed by atoms with E-state index in [1.54, 1.807) is 43.1 Å². The van der Waals surface area contributed by atoms with Gasteiger partial charge < -0.3 is 10.2 Å². The highest BCUT2D eigenvalue weighted by molar-refractivity contribution is 5.94. The maximum absolute atomic E-state index is 12.9. The monoisotopic (exact) mass is 361 g/mol. The summed E-state index contributed by atoms with van der Waals surface area (Å²) in [7, 11) is 0. The van der Waals surface area contributed by atoms with Gasteiger partial charge in [-0.3, -0.25) is 14.8 Å². The van der Waals surface area contributed by atoms with Gasteiger partial charge in [0.05, 0.1) is 23.5 Å². The number of aromatic nitrogens is 5. The van der Waals surface area contributed by atoms with Gasteiger partial charge in [-0.2, -0.15) is 0 Å². The van der Waals surface area contributed by atoms with Crippen molar-refractivity contribution in [3.8, 4) is 0 Å². The van der Waals surface area contributed by atoms with Crippen LogP contribution in [-0.2, 0) is 0 Å². The molecule has 1 aliphatic heterocycles. The zero-order chi connectivity index (χ0) is 18.6. The van der Waals surface area contributed by atoms with Gasteiger partial charge in [-0.15, -0.1) is 0 Å². The molecule has 8 heteroatoms. The standard InChI is InChI=1S/C19H19N7O/c1-13-23-15(10-17(24-13)25-18-12-21-7-8-22-18)16-5-3-9-26(16)19(27)14-4-2-6-20-11-14/h2,4,6-8,10-12,16H,3,5,9H2,1H3,(H,22,23,24,25). The second kappa shape index (κ2) is 7.45. The fourth-order valence-electron chi connectivity index (χ4n) is 3.29. The number of carbonyl (C=O) groups excluding carboxylic acids is 1. The molecule has 1 amide bonds. The van der Waals surface area contributed by atoms with Gasteiger partial charge in [-0.25, -0.2) is 15.0 Å². The van der Waals surface area contributed by atoms with Crippen molar-refractivity contribution in [2.45, 2.75) is 25.8 Å². The molecule has 4 rings (SSSR count). The molecular weight excluding hydrogens is 342 g/mol. The normalized spacial score (nSPS) is 16.3. The number of aryl methyl sites for hydroxylation is 1. The molecule has 0 saturated carbocycles. The highest BCUT2D eigenvalue weighted by Crippen LogP contribution is 2.33. The molecule has 4 heterocycles. The molecule has 0 spiro atoms. The average Bonchev–Trinajstić information content (AvgIpc) is 3.18. The third-order valence-corrected chi connectivity index (χ3v) is 4.44. The fraction of sp³-hybridized carbons (Fsp3) is 0.263. The SMILES string of the molecule is Cc1nc(Nc2cnccn2)cc(C2CCCN2C(=O)c2cccnc2)n1. The summed E-state index contributed by atoms with van der Waals surface area (Å²) in [4.78, 5) is 36.1. The molecule has 1 aliphatic rings. The van der Waals surface area contributed by atoms with Crippen molar-refractivity contribution in [1.82, 2.24) is 29.8 Å². The lowest BCUT2D eigenvalue weighted by atomic mass is 10.1. The van der Waals surface area contributed by atoms with Gasteiger partial charge in [0.2, 0.25) is 0 Å². The summed E-state index contributed by atoms with van der Waals surface area (Å²) in [6.07, 6.45) is 9.93. The fourth-order valence-corrected chi connectivity index (χ4v) is 3.29. The Hall–Kier alpha value is -3.42. The molecule has 1 fully saturated rings. The van der Waals surface area contributed by atoms with Crippen LogP contribution in [0.25, 0.3) is 0 Å². The lowest BCUT2D eigenvalue weighted by molar-refractivity contribution is 0.0732. The number of hydrogen-bond donors (Lipinski definition) is 1. The van der Waals surface area contributed by atoms with Crippen LogP contribution in [0.4, 0.5) is 11.6 Å². The number of amides is 1. The van der Waals surface area contributed by atoms with Crippen molar-refractivity contribution in [3.63, 3.8) is 0 Å². The van der Waals surface area contributed by atoms with Gasteiger partial charge >= 0.3 is 0 Å². The predicted molar refractivity (Wildman–Crippen MR) is 99.3 cm³/mol. The summed E-state index contributed by atoms with van der Waals surface area (Å²) in [6, 6.07) is 5.36. The van der Waals surface area contributed by atoms with Crippen LogP contribution in [0.1, 0.15) is 40.8 Å². The Kier molecular flexibility index (Phi) is 4.69. The molecular formula is C19H19N7O. The molecule has 1 N–H and O–H groups in total. The van der Waals surface area contributed by atoms with Crippen LogP contribution in [-0.4, -0.2) is 42.3 Å². The number of nitrogens with zero attached hydrogens (tertiary/aromatic N) is 6.